The molecule has 2 heteroatoms. The average molecular weight is 274 g/mol. The van der Waals surface area contributed by atoms with Crippen LogP contribution in [-0.4, -0.2) is 23.5 Å². The Morgan fingerprint density at radius 3 is 2.25 bits per heavy atom. The van der Waals surface area contributed by atoms with Crippen molar-refractivity contribution in [2.45, 2.75) is 64.5 Å². The highest BCUT2D eigenvalue weighted by Gasteiger charge is 2.34. The van der Waals surface area contributed by atoms with Crippen molar-refractivity contribution in [2.75, 3.05) is 13.1 Å². The Balaban J connectivity index is 2.09. The number of benzene rings is 1. The van der Waals surface area contributed by atoms with Crippen molar-refractivity contribution < 1.29 is 0 Å². The van der Waals surface area contributed by atoms with Gasteiger partial charge in [-0.1, -0.05) is 44.0 Å². The molecule has 2 nitrogen and oxygen atoms in total. The third kappa shape index (κ3) is 3.42. The molecule has 0 radical (unpaired) electrons. The van der Waals surface area contributed by atoms with Gasteiger partial charge in [-0.05, 0) is 57.3 Å². The maximum absolute atomic E-state index is 6.59. The fourth-order valence-electron chi connectivity index (χ4n) is 3.26. The molecule has 0 spiro atoms. The Kier molecular flexibility index (Phi) is 5.22. The predicted molar refractivity (Wildman–Crippen MR) is 86.9 cm³/mol. The molecular weight excluding hydrogens is 244 g/mol. The van der Waals surface area contributed by atoms with Gasteiger partial charge in [0.15, 0.2) is 0 Å². The molecule has 2 rings (SSSR count). The predicted octanol–water partition coefficient (Wildman–Crippen LogP) is 3.90. The van der Waals surface area contributed by atoms with Crippen LogP contribution in [-0.2, 0) is 6.42 Å². The Morgan fingerprint density at radius 1 is 1.10 bits per heavy atom. The summed E-state index contributed by atoms with van der Waals surface area (Å²) >= 11 is 0. The number of aryl methyl sites for hydroxylation is 1. The fourth-order valence-corrected chi connectivity index (χ4v) is 3.26. The molecule has 20 heavy (non-hydrogen) atoms. The lowest BCUT2D eigenvalue weighted by Gasteiger charge is -2.44. The first kappa shape index (κ1) is 15.5. The number of nitrogens with zero attached hydrogens (tertiary/aromatic N) is 1. The summed E-state index contributed by atoms with van der Waals surface area (Å²) in [5.74, 6) is 0. The van der Waals surface area contributed by atoms with E-state index in [4.69, 9.17) is 5.73 Å². The van der Waals surface area contributed by atoms with Crippen LogP contribution in [0.3, 0.4) is 0 Å². The summed E-state index contributed by atoms with van der Waals surface area (Å²) in [6.07, 6.45) is 6.35. The van der Waals surface area contributed by atoms with Gasteiger partial charge in [-0.2, -0.15) is 0 Å². The minimum absolute atomic E-state index is 0.0344. The van der Waals surface area contributed by atoms with Crippen molar-refractivity contribution in [3.8, 4) is 0 Å². The lowest BCUT2D eigenvalue weighted by Crippen LogP contribution is -2.53. The first-order valence-electron chi connectivity index (χ1n) is 8.15. The van der Waals surface area contributed by atoms with Gasteiger partial charge in [0, 0.05) is 11.6 Å². The van der Waals surface area contributed by atoms with E-state index in [1.54, 1.807) is 0 Å². The number of hydrogen-bond acceptors (Lipinski definition) is 2. The highest BCUT2D eigenvalue weighted by atomic mass is 15.2. The summed E-state index contributed by atoms with van der Waals surface area (Å²) in [5, 5.41) is 0. The molecule has 1 aliphatic heterocycles. The van der Waals surface area contributed by atoms with E-state index in [2.05, 4.69) is 49.9 Å². The highest BCUT2D eigenvalue weighted by Crippen LogP contribution is 2.31. The monoisotopic (exact) mass is 274 g/mol. The number of nitrogens with two attached hydrogens (primary N) is 1. The molecule has 0 aliphatic carbocycles. The zero-order valence-corrected chi connectivity index (χ0v) is 13.4. The summed E-state index contributed by atoms with van der Waals surface area (Å²) in [6.45, 7) is 9.19. The lowest BCUT2D eigenvalue weighted by atomic mass is 9.86. The minimum Gasteiger partial charge on any atom is -0.322 e. The average Bonchev–Trinajstić information content (AvgIpc) is 2.48. The third-order valence-electron chi connectivity index (χ3n) is 4.81. The Hall–Kier alpha value is -0.860. The van der Waals surface area contributed by atoms with E-state index in [9.17, 15) is 0 Å². The molecule has 1 aromatic carbocycles. The van der Waals surface area contributed by atoms with Gasteiger partial charge >= 0.3 is 0 Å². The van der Waals surface area contributed by atoms with Crippen molar-refractivity contribution in [2.24, 2.45) is 5.73 Å². The van der Waals surface area contributed by atoms with Gasteiger partial charge in [0.2, 0.25) is 0 Å². The molecule has 1 aliphatic rings. The van der Waals surface area contributed by atoms with E-state index >= 15 is 0 Å². The van der Waals surface area contributed by atoms with Crippen molar-refractivity contribution in [1.29, 1.82) is 0 Å². The zero-order chi connectivity index (χ0) is 14.6. The number of hydrogen-bond donors (Lipinski definition) is 1. The molecule has 1 saturated heterocycles. The van der Waals surface area contributed by atoms with Crippen molar-refractivity contribution in [3.63, 3.8) is 0 Å². The molecule has 2 N–H and O–H groups in total. The largest absolute Gasteiger partial charge is 0.322 e. The summed E-state index contributed by atoms with van der Waals surface area (Å²) in [4.78, 5) is 2.57. The molecular formula is C18H30N2. The van der Waals surface area contributed by atoms with Crippen LogP contribution < -0.4 is 5.73 Å². The van der Waals surface area contributed by atoms with E-state index in [1.165, 1.54) is 49.9 Å². The molecule has 1 unspecified atom stereocenters. The molecule has 112 valence electrons. The van der Waals surface area contributed by atoms with Crippen LogP contribution in [0.15, 0.2) is 24.3 Å². The maximum atomic E-state index is 6.59. The molecule has 0 amide bonds. The second-order valence-corrected chi connectivity index (χ2v) is 6.67. The molecule has 1 aromatic rings. The van der Waals surface area contributed by atoms with Gasteiger partial charge in [-0.15, -0.1) is 0 Å². The van der Waals surface area contributed by atoms with Crippen LogP contribution in [0.5, 0.6) is 0 Å². The van der Waals surface area contributed by atoms with Crippen molar-refractivity contribution in [3.05, 3.63) is 35.4 Å². The number of rotatable bonds is 5. The minimum atomic E-state index is 0.0344. The second-order valence-electron chi connectivity index (χ2n) is 6.67. The van der Waals surface area contributed by atoms with Gasteiger partial charge in [-0.3, -0.25) is 4.90 Å². The molecule has 0 aromatic heterocycles. The van der Waals surface area contributed by atoms with Crippen LogP contribution in [0.1, 0.15) is 63.6 Å². The van der Waals surface area contributed by atoms with E-state index < -0.39 is 0 Å². The van der Waals surface area contributed by atoms with Crippen molar-refractivity contribution in [1.82, 2.24) is 4.90 Å². The summed E-state index contributed by atoms with van der Waals surface area (Å²) in [6, 6.07) is 9.01. The van der Waals surface area contributed by atoms with Crippen LogP contribution in [0.25, 0.3) is 0 Å². The Bertz CT molecular complexity index is 402. The SMILES string of the molecule is CCCc1ccc(C(N)C(C)(C)N2CCCCC2)cc1. The Labute approximate surface area is 124 Å². The van der Waals surface area contributed by atoms with E-state index in [0.29, 0.717) is 0 Å². The third-order valence-corrected chi connectivity index (χ3v) is 4.81. The lowest BCUT2D eigenvalue weighted by molar-refractivity contribution is 0.0730. The van der Waals surface area contributed by atoms with E-state index in [1.807, 2.05) is 0 Å². The first-order chi connectivity index (χ1) is 9.55. The molecule has 0 bridgehead atoms. The van der Waals surface area contributed by atoms with Gasteiger partial charge in [0.1, 0.15) is 0 Å². The van der Waals surface area contributed by atoms with Gasteiger partial charge < -0.3 is 5.73 Å². The van der Waals surface area contributed by atoms with Gasteiger partial charge in [0.25, 0.3) is 0 Å². The summed E-state index contributed by atoms with van der Waals surface area (Å²) in [5.41, 5.74) is 9.30. The molecule has 1 atom stereocenters. The van der Waals surface area contributed by atoms with Crippen LogP contribution in [0.4, 0.5) is 0 Å². The number of piperidine rings is 1. The quantitative estimate of drug-likeness (QED) is 0.882. The first-order valence-corrected chi connectivity index (χ1v) is 8.15. The van der Waals surface area contributed by atoms with E-state index in [0.717, 1.165) is 6.42 Å². The molecule has 1 fully saturated rings. The summed E-state index contributed by atoms with van der Waals surface area (Å²) in [7, 11) is 0. The normalized spacial score (nSPS) is 19.0. The Morgan fingerprint density at radius 2 is 1.70 bits per heavy atom. The van der Waals surface area contributed by atoms with Gasteiger partial charge in [-0.25, -0.2) is 0 Å². The summed E-state index contributed by atoms with van der Waals surface area (Å²) < 4.78 is 0. The standard InChI is InChI=1S/C18H30N2/c1-4-8-15-9-11-16(12-10-15)17(19)18(2,3)20-13-6-5-7-14-20/h9-12,17H,4-8,13-14,19H2,1-3H3. The fraction of sp³-hybridized carbons (Fsp3) is 0.667. The van der Waals surface area contributed by atoms with Gasteiger partial charge in [0.05, 0.1) is 0 Å². The van der Waals surface area contributed by atoms with Crippen molar-refractivity contribution >= 4 is 0 Å². The zero-order valence-electron chi connectivity index (χ0n) is 13.4. The highest BCUT2D eigenvalue weighted by molar-refractivity contribution is 5.27. The second kappa shape index (κ2) is 6.73. The van der Waals surface area contributed by atoms with Crippen LogP contribution in [0, 0.1) is 0 Å². The molecule has 0 saturated carbocycles. The smallest absolute Gasteiger partial charge is 0.0476 e. The van der Waals surface area contributed by atoms with E-state index in [-0.39, 0.29) is 11.6 Å². The maximum Gasteiger partial charge on any atom is 0.0476 e. The topological polar surface area (TPSA) is 29.3 Å². The van der Waals surface area contributed by atoms with Crippen LogP contribution >= 0.6 is 0 Å². The number of likely N-dealkylation sites (tertiary alicyclic amines) is 1. The molecule has 1 heterocycles. The van der Waals surface area contributed by atoms with Crippen LogP contribution in [0.2, 0.25) is 0 Å².